The van der Waals surface area contributed by atoms with Crippen molar-refractivity contribution >= 4 is 10.8 Å². The Morgan fingerprint density at radius 2 is 1.60 bits per heavy atom. The lowest BCUT2D eigenvalue weighted by atomic mass is 10.0. The lowest BCUT2D eigenvalue weighted by molar-refractivity contribution is 0.414. The fourth-order valence-electron chi connectivity index (χ4n) is 3.88. The van der Waals surface area contributed by atoms with Gasteiger partial charge in [-0.05, 0) is 65.8 Å². The Hall–Kier alpha value is -3.33. The summed E-state index contributed by atoms with van der Waals surface area (Å²) in [5, 5.41) is 1.67. The van der Waals surface area contributed by atoms with E-state index in [9.17, 15) is 4.79 Å². The Bertz CT molecular complexity index is 1190. The van der Waals surface area contributed by atoms with Crippen LogP contribution in [0.25, 0.3) is 27.7 Å². The van der Waals surface area contributed by atoms with Crippen molar-refractivity contribution in [2.24, 2.45) is 0 Å². The van der Waals surface area contributed by atoms with Crippen LogP contribution in [0, 0.1) is 0 Å². The number of pyridine rings is 1. The van der Waals surface area contributed by atoms with Gasteiger partial charge in [-0.3, -0.25) is 9.36 Å². The van der Waals surface area contributed by atoms with Crippen molar-refractivity contribution in [3.8, 4) is 22.7 Å². The van der Waals surface area contributed by atoms with E-state index in [0.717, 1.165) is 34.5 Å². The Morgan fingerprint density at radius 3 is 2.30 bits per heavy atom. The Balaban J connectivity index is 1.84. The molecule has 1 heterocycles. The quantitative estimate of drug-likeness (QED) is 0.338. The second-order valence-corrected chi connectivity index (χ2v) is 7.61. The molecule has 0 aliphatic carbocycles. The molecule has 0 saturated heterocycles. The van der Waals surface area contributed by atoms with Gasteiger partial charge in [-0.1, -0.05) is 62.2 Å². The molecule has 4 rings (SSSR count). The lowest BCUT2D eigenvalue weighted by Gasteiger charge is -2.16. The summed E-state index contributed by atoms with van der Waals surface area (Å²) in [6, 6.07) is 26.1. The number of ether oxygens (including phenoxy) is 1. The van der Waals surface area contributed by atoms with Gasteiger partial charge in [0.05, 0.1) is 12.8 Å². The Labute approximate surface area is 177 Å². The summed E-state index contributed by atoms with van der Waals surface area (Å²) < 4.78 is 7.09. The van der Waals surface area contributed by atoms with E-state index in [2.05, 4.69) is 37.3 Å². The molecular formula is C27H27NO2. The molecule has 0 N–H and O–H groups in total. The molecule has 0 fully saturated rings. The first kappa shape index (κ1) is 20.0. The molecule has 0 bridgehead atoms. The number of rotatable bonds is 7. The van der Waals surface area contributed by atoms with E-state index in [1.165, 1.54) is 24.8 Å². The summed E-state index contributed by atoms with van der Waals surface area (Å²) in [5.74, 6) is 0.769. The number of benzene rings is 3. The van der Waals surface area contributed by atoms with Gasteiger partial charge in [0.2, 0.25) is 0 Å². The van der Waals surface area contributed by atoms with Gasteiger partial charge in [-0.25, -0.2) is 0 Å². The highest BCUT2D eigenvalue weighted by molar-refractivity contribution is 5.86. The van der Waals surface area contributed by atoms with E-state index in [4.69, 9.17) is 4.74 Å². The summed E-state index contributed by atoms with van der Waals surface area (Å²) in [7, 11) is 1.64. The van der Waals surface area contributed by atoms with E-state index in [1.54, 1.807) is 11.7 Å². The smallest absolute Gasteiger partial charge is 0.263 e. The average Bonchev–Trinajstić information content (AvgIpc) is 2.80. The number of unbranched alkanes of at least 4 members (excludes halogenated alkanes) is 2. The van der Waals surface area contributed by atoms with Crippen molar-refractivity contribution in [1.29, 1.82) is 0 Å². The lowest BCUT2D eigenvalue weighted by Crippen LogP contribution is -2.20. The predicted octanol–water partition coefficient (Wildman–Crippen LogP) is 6.40. The molecule has 30 heavy (non-hydrogen) atoms. The number of fused-ring (bicyclic) bond motifs is 1. The van der Waals surface area contributed by atoms with Gasteiger partial charge in [0.25, 0.3) is 5.56 Å². The molecule has 3 heteroatoms. The highest BCUT2D eigenvalue weighted by atomic mass is 16.5. The third kappa shape index (κ3) is 4.02. The first-order valence-corrected chi connectivity index (χ1v) is 10.6. The van der Waals surface area contributed by atoms with E-state index < -0.39 is 0 Å². The van der Waals surface area contributed by atoms with Crippen LogP contribution in [0.2, 0.25) is 0 Å². The SMILES string of the molecule is CCCCCc1ccc(-c2cc3ccccc3c(=O)n2-c2ccc(OC)cc2)cc1. The molecule has 3 aromatic carbocycles. The minimum atomic E-state index is -0.0136. The van der Waals surface area contributed by atoms with Crippen molar-refractivity contribution in [2.45, 2.75) is 32.6 Å². The molecule has 0 aliphatic heterocycles. The average molecular weight is 398 g/mol. The number of aromatic nitrogens is 1. The number of nitrogens with zero attached hydrogens (tertiary/aromatic N) is 1. The van der Waals surface area contributed by atoms with Gasteiger partial charge >= 0.3 is 0 Å². The van der Waals surface area contributed by atoms with Crippen LogP contribution in [0.4, 0.5) is 0 Å². The maximum atomic E-state index is 13.5. The van der Waals surface area contributed by atoms with Crippen molar-refractivity contribution < 1.29 is 4.74 Å². The highest BCUT2D eigenvalue weighted by Crippen LogP contribution is 2.26. The monoisotopic (exact) mass is 397 g/mol. The first-order chi connectivity index (χ1) is 14.7. The third-order valence-corrected chi connectivity index (χ3v) is 5.58. The maximum Gasteiger partial charge on any atom is 0.263 e. The number of methoxy groups -OCH3 is 1. The van der Waals surface area contributed by atoms with Crippen LogP contribution in [-0.2, 0) is 6.42 Å². The second-order valence-electron chi connectivity index (χ2n) is 7.61. The van der Waals surface area contributed by atoms with Crippen LogP contribution in [0.5, 0.6) is 5.75 Å². The molecule has 0 amide bonds. The van der Waals surface area contributed by atoms with Crippen molar-refractivity contribution in [1.82, 2.24) is 4.57 Å². The van der Waals surface area contributed by atoms with Gasteiger partial charge in [0, 0.05) is 11.1 Å². The fraction of sp³-hybridized carbons (Fsp3) is 0.222. The predicted molar refractivity (Wildman–Crippen MR) is 125 cm³/mol. The molecular weight excluding hydrogens is 370 g/mol. The molecule has 0 radical (unpaired) electrons. The topological polar surface area (TPSA) is 31.2 Å². The molecule has 0 saturated carbocycles. The van der Waals surface area contributed by atoms with Crippen molar-refractivity contribution in [3.05, 3.63) is 94.8 Å². The zero-order chi connectivity index (χ0) is 20.9. The number of hydrogen-bond donors (Lipinski definition) is 0. The molecule has 0 spiro atoms. The van der Waals surface area contributed by atoms with E-state index >= 15 is 0 Å². The molecule has 0 atom stereocenters. The van der Waals surface area contributed by atoms with Gasteiger partial charge in [-0.15, -0.1) is 0 Å². The van der Waals surface area contributed by atoms with Crippen molar-refractivity contribution in [2.75, 3.05) is 7.11 Å². The van der Waals surface area contributed by atoms with E-state index in [1.807, 2.05) is 48.5 Å². The zero-order valence-corrected chi connectivity index (χ0v) is 17.6. The largest absolute Gasteiger partial charge is 0.497 e. The molecule has 0 aliphatic rings. The summed E-state index contributed by atoms with van der Waals surface area (Å²) >= 11 is 0. The minimum Gasteiger partial charge on any atom is -0.497 e. The van der Waals surface area contributed by atoms with Crippen LogP contribution in [0.1, 0.15) is 31.7 Å². The summed E-state index contributed by atoms with van der Waals surface area (Å²) in [6.45, 7) is 2.22. The Morgan fingerprint density at radius 1 is 0.867 bits per heavy atom. The second kappa shape index (κ2) is 9.00. The van der Waals surface area contributed by atoms with Crippen LogP contribution < -0.4 is 10.3 Å². The highest BCUT2D eigenvalue weighted by Gasteiger charge is 2.13. The molecule has 152 valence electrons. The van der Waals surface area contributed by atoms with Gasteiger partial charge < -0.3 is 4.74 Å². The summed E-state index contributed by atoms with van der Waals surface area (Å²) in [5.41, 5.74) is 4.08. The standard InChI is InChI=1S/C27H27NO2/c1-3-4-5-8-20-11-13-21(14-12-20)26-19-22-9-6-7-10-25(22)27(29)28(26)23-15-17-24(30-2)18-16-23/h6-7,9-19H,3-5,8H2,1-2H3. The number of aryl methyl sites for hydroxylation is 1. The third-order valence-electron chi connectivity index (χ3n) is 5.58. The van der Waals surface area contributed by atoms with Gasteiger partial charge in [0.1, 0.15) is 5.75 Å². The maximum absolute atomic E-state index is 13.5. The van der Waals surface area contributed by atoms with Crippen molar-refractivity contribution in [3.63, 3.8) is 0 Å². The Kier molecular flexibility index (Phi) is 5.99. The molecule has 0 unspecified atom stereocenters. The number of hydrogen-bond acceptors (Lipinski definition) is 2. The zero-order valence-electron chi connectivity index (χ0n) is 17.6. The molecule has 4 aromatic rings. The van der Waals surface area contributed by atoms with Crippen LogP contribution in [-0.4, -0.2) is 11.7 Å². The summed E-state index contributed by atoms with van der Waals surface area (Å²) in [4.78, 5) is 13.5. The first-order valence-electron chi connectivity index (χ1n) is 10.6. The van der Waals surface area contributed by atoms with E-state index in [0.29, 0.717) is 5.39 Å². The normalized spacial score (nSPS) is 11.0. The molecule has 1 aromatic heterocycles. The van der Waals surface area contributed by atoms with Crippen LogP contribution in [0.15, 0.2) is 83.7 Å². The van der Waals surface area contributed by atoms with E-state index in [-0.39, 0.29) is 5.56 Å². The van der Waals surface area contributed by atoms with Crippen LogP contribution >= 0.6 is 0 Å². The fourth-order valence-corrected chi connectivity index (χ4v) is 3.88. The minimum absolute atomic E-state index is 0.0136. The summed E-state index contributed by atoms with van der Waals surface area (Å²) in [6.07, 6.45) is 4.78. The molecule has 3 nitrogen and oxygen atoms in total. The van der Waals surface area contributed by atoms with Crippen LogP contribution in [0.3, 0.4) is 0 Å². The van der Waals surface area contributed by atoms with Gasteiger partial charge in [0.15, 0.2) is 0 Å². The van der Waals surface area contributed by atoms with Gasteiger partial charge in [-0.2, -0.15) is 0 Å².